The highest BCUT2D eigenvalue weighted by Crippen LogP contribution is 2.29. The van der Waals surface area contributed by atoms with Crippen LogP contribution in [0.25, 0.3) is 10.9 Å². The van der Waals surface area contributed by atoms with Crippen molar-refractivity contribution < 1.29 is 4.74 Å². The molecule has 2 aromatic carbocycles. The van der Waals surface area contributed by atoms with Gasteiger partial charge in [-0.25, -0.2) is 4.79 Å². The molecule has 4 rings (SSSR count). The lowest BCUT2D eigenvalue weighted by molar-refractivity contribution is -0.110. The Morgan fingerprint density at radius 2 is 1.71 bits per heavy atom. The lowest BCUT2D eigenvalue weighted by Crippen LogP contribution is -2.49. The number of fused-ring (bicyclic) bond motifs is 1. The molecule has 2 heterocycles. The molecule has 0 radical (unpaired) electrons. The van der Waals surface area contributed by atoms with Gasteiger partial charge in [0.05, 0.1) is 30.2 Å². The summed E-state index contributed by atoms with van der Waals surface area (Å²) in [6.07, 6.45) is 0. The molecule has 0 N–H and O–H groups in total. The molecule has 146 valence electrons. The van der Waals surface area contributed by atoms with E-state index in [-0.39, 0.29) is 16.7 Å². The minimum absolute atomic E-state index is 0.148. The Morgan fingerprint density at radius 3 is 2.32 bits per heavy atom. The van der Waals surface area contributed by atoms with Crippen molar-refractivity contribution in [2.45, 2.75) is 26.4 Å². The molecule has 28 heavy (non-hydrogen) atoms. The van der Waals surface area contributed by atoms with E-state index in [2.05, 4.69) is 6.92 Å². The number of halogens is 2. The molecule has 0 bridgehead atoms. The standard InChI is InChI=1S/C21H20Cl2N2O3/c1-13(14-3-5-15(22)6-4-14)25-19(26)17-8-7-16(23)9-18(17)24(20(25)27)10-21(2)11-28-12-21/h3-9,13H,10-12H2,1-2H3. The number of hydrogen-bond donors (Lipinski definition) is 0. The molecular formula is C21H20Cl2N2O3. The number of hydrogen-bond acceptors (Lipinski definition) is 3. The van der Waals surface area contributed by atoms with Gasteiger partial charge in [0.15, 0.2) is 0 Å². The molecule has 0 saturated carbocycles. The van der Waals surface area contributed by atoms with Gasteiger partial charge >= 0.3 is 5.69 Å². The molecule has 0 spiro atoms. The van der Waals surface area contributed by atoms with Gasteiger partial charge in [-0.3, -0.25) is 13.9 Å². The van der Waals surface area contributed by atoms with Gasteiger partial charge in [-0.1, -0.05) is 42.3 Å². The summed E-state index contributed by atoms with van der Waals surface area (Å²) in [5, 5.41) is 1.55. The Morgan fingerprint density at radius 1 is 1.07 bits per heavy atom. The summed E-state index contributed by atoms with van der Waals surface area (Å²) in [5.41, 5.74) is 0.558. The minimum Gasteiger partial charge on any atom is -0.380 e. The molecule has 1 fully saturated rings. The van der Waals surface area contributed by atoms with Crippen LogP contribution in [0, 0.1) is 5.41 Å². The van der Waals surface area contributed by atoms with E-state index < -0.39 is 6.04 Å². The topological polar surface area (TPSA) is 53.2 Å². The van der Waals surface area contributed by atoms with Gasteiger partial charge in [0, 0.05) is 22.0 Å². The zero-order valence-corrected chi connectivity index (χ0v) is 17.1. The zero-order chi connectivity index (χ0) is 20.1. The van der Waals surface area contributed by atoms with Gasteiger partial charge in [0.2, 0.25) is 0 Å². The fourth-order valence-corrected chi connectivity index (χ4v) is 3.96. The van der Waals surface area contributed by atoms with Gasteiger partial charge in [-0.2, -0.15) is 0 Å². The predicted octanol–water partition coefficient (Wildman–Crippen LogP) is 4.12. The predicted molar refractivity (Wildman–Crippen MR) is 112 cm³/mol. The van der Waals surface area contributed by atoms with Crippen molar-refractivity contribution in [1.82, 2.24) is 9.13 Å². The van der Waals surface area contributed by atoms with Crippen LogP contribution >= 0.6 is 23.2 Å². The van der Waals surface area contributed by atoms with Crippen LogP contribution in [0.4, 0.5) is 0 Å². The smallest absolute Gasteiger partial charge is 0.332 e. The van der Waals surface area contributed by atoms with Crippen molar-refractivity contribution in [3.05, 3.63) is 78.9 Å². The Labute approximate surface area is 172 Å². The molecule has 1 saturated heterocycles. The average molecular weight is 419 g/mol. The molecule has 7 heteroatoms. The van der Waals surface area contributed by atoms with E-state index in [1.165, 1.54) is 4.57 Å². The van der Waals surface area contributed by atoms with Gasteiger partial charge < -0.3 is 4.74 Å². The minimum atomic E-state index is -0.436. The highest BCUT2D eigenvalue weighted by atomic mass is 35.5. The van der Waals surface area contributed by atoms with Gasteiger partial charge in [0.25, 0.3) is 5.56 Å². The fraction of sp³-hybridized carbons (Fsp3) is 0.333. The number of aromatic nitrogens is 2. The van der Waals surface area contributed by atoms with Crippen molar-refractivity contribution in [2.24, 2.45) is 5.41 Å². The lowest BCUT2D eigenvalue weighted by atomic mass is 9.88. The Kier molecular flexibility index (Phi) is 4.86. The van der Waals surface area contributed by atoms with Crippen LogP contribution in [-0.2, 0) is 11.3 Å². The highest BCUT2D eigenvalue weighted by molar-refractivity contribution is 6.31. The maximum Gasteiger partial charge on any atom is 0.332 e. The first-order valence-electron chi connectivity index (χ1n) is 9.07. The fourth-order valence-electron chi connectivity index (χ4n) is 3.67. The van der Waals surface area contributed by atoms with E-state index in [9.17, 15) is 9.59 Å². The average Bonchev–Trinajstić information content (AvgIpc) is 2.64. The molecule has 1 aliphatic rings. The summed E-state index contributed by atoms with van der Waals surface area (Å²) >= 11 is 12.1. The molecule has 0 amide bonds. The highest BCUT2D eigenvalue weighted by Gasteiger charge is 2.35. The van der Waals surface area contributed by atoms with Crippen LogP contribution in [0.2, 0.25) is 10.0 Å². The van der Waals surface area contributed by atoms with Crippen LogP contribution < -0.4 is 11.2 Å². The lowest BCUT2D eigenvalue weighted by Gasteiger charge is -2.38. The van der Waals surface area contributed by atoms with E-state index in [0.717, 1.165) is 5.56 Å². The molecule has 1 unspecified atom stereocenters. The Balaban J connectivity index is 1.96. The molecule has 3 aromatic rings. The van der Waals surface area contributed by atoms with E-state index >= 15 is 0 Å². The summed E-state index contributed by atoms with van der Waals surface area (Å²) in [6, 6.07) is 11.8. The summed E-state index contributed by atoms with van der Waals surface area (Å²) in [5.74, 6) is 0. The molecule has 5 nitrogen and oxygen atoms in total. The van der Waals surface area contributed by atoms with E-state index in [4.69, 9.17) is 27.9 Å². The quantitative estimate of drug-likeness (QED) is 0.640. The summed E-state index contributed by atoms with van der Waals surface area (Å²) in [7, 11) is 0. The molecular weight excluding hydrogens is 399 g/mol. The second-order valence-corrected chi connectivity index (χ2v) is 8.61. The third-order valence-electron chi connectivity index (χ3n) is 5.32. The van der Waals surface area contributed by atoms with E-state index in [1.807, 2.05) is 19.1 Å². The second-order valence-electron chi connectivity index (χ2n) is 7.74. The van der Waals surface area contributed by atoms with Crippen LogP contribution in [0.5, 0.6) is 0 Å². The SMILES string of the molecule is CC(c1ccc(Cl)cc1)n1c(=O)c2ccc(Cl)cc2n(CC2(C)COC2)c1=O. The van der Waals surface area contributed by atoms with Gasteiger partial charge in [0.1, 0.15) is 0 Å². The summed E-state index contributed by atoms with van der Waals surface area (Å²) in [6.45, 7) is 5.51. The molecule has 0 aliphatic carbocycles. The van der Waals surface area contributed by atoms with Gasteiger partial charge in [-0.15, -0.1) is 0 Å². The van der Waals surface area contributed by atoms with Crippen molar-refractivity contribution >= 4 is 34.1 Å². The monoisotopic (exact) mass is 418 g/mol. The van der Waals surface area contributed by atoms with Crippen molar-refractivity contribution in [3.8, 4) is 0 Å². The van der Waals surface area contributed by atoms with Crippen molar-refractivity contribution in [2.75, 3.05) is 13.2 Å². The van der Waals surface area contributed by atoms with Gasteiger partial charge in [-0.05, 0) is 42.8 Å². The number of benzene rings is 2. The van der Waals surface area contributed by atoms with Crippen LogP contribution in [0.1, 0.15) is 25.5 Å². The molecule has 1 aliphatic heterocycles. The second kappa shape index (κ2) is 7.07. The Bertz CT molecular complexity index is 1160. The Hall–Kier alpha value is -2.08. The number of nitrogens with zero attached hydrogens (tertiary/aromatic N) is 2. The molecule has 1 aromatic heterocycles. The zero-order valence-electron chi connectivity index (χ0n) is 15.6. The van der Waals surface area contributed by atoms with E-state index in [0.29, 0.717) is 40.7 Å². The first-order valence-corrected chi connectivity index (χ1v) is 9.82. The van der Waals surface area contributed by atoms with Crippen molar-refractivity contribution in [1.29, 1.82) is 0 Å². The third-order valence-corrected chi connectivity index (χ3v) is 5.80. The first-order chi connectivity index (χ1) is 13.3. The third kappa shape index (κ3) is 3.28. The molecule has 1 atom stereocenters. The number of ether oxygens (including phenoxy) is 1. The van der Waals surface area contributed by atoms with Crippen molar-refractivity contribution in [3.63, 3.8) is 0 Å². The maximum atomic E-state index is 13.4. The van der Waals surface area contributed by atoms with Crippen LogP contribution in [0.15, 0.2) is 52.1 Å². The number of rotatable bonds is 4. The normalized spacial score (nSPS) is 16.7. The van der Waals surface area contributed by atoms with E-state index in [1.54, 1.807) is 34.9 Å². The van der Waals surface area contributed by atoms with Crippen LogP contribution in [0.3, 0.4) is 0 Å². The largest absolute Gasteiger partial charge is 0.380 e. The summed E-state index contributed by atoms with van der Waals surface area (Å²) < 4.78 is 8.30. The first kappa shape index (κ1) is 19.2. The summed E-state index contributed by atoms with van der Waals surface area (Å²) in [4.78, 5) is 26.6. The maximum absolute atomic E-state index is 13.4. The van der Waals surface area contributed by atoms with Crippen LogP contribution in [-0.4, -0.2) is 22.3 Å².